The van der Waals surface area contributed by atoms with Gasteiger partial charge in [-0.15, -0.1) is 0 Å². The van der Waals surface area contributed by atoms with Crippen LogP contribution in [0.5, 0.6) is 11.5 Å². The normalized spacial score (nSPS) is 18.3. The van der Waals surface area contributed by atoms with E-state index in [2.05, 4.69) is 59.1 Å². The van der Waals surface area contributed by atoms with Gasteiger partial charge >= 0.3 is 12.2 Å². The first-order valence-corrected chi connectivity index (χ1v) is 12.6. The average molecular weight is 520 g/mol. The van der Waals surface area contributed by atoms with Gasteiger partial charge in [-0.2, -0.15) is 23.7 Å². The predicted molar refractivity (Wildman–Crippen MR) is 145 cm³/mol. The highest BCUT2D eigenvalue weighted by Crippen LogP contribution is 2.57. The minimum atomic E-state index is -1.52. The lowest BCUT2D eigenvalue weighted by Gasteiger charge is -2.36. The Labute approximate surface area is 223 Å². The van der Waals surface area contributed by atoms with Gasteiger partial charge in [0.1, 0.15) is 11.5 Å². The molecular weight excluding hydrogens is 496 g/mol. The smallest absolute Gasteiger partial charge is 0.314 e. The van der Waals surface area contributed by atoms with E-state index in [1.807, 2.05) is 24.3 Å². The molecule has 1 aromatic heterocycles. The lowest BCUT2D eigenvalue weighted by molar-refractivity contribution is 0.148. The van der Waals surface area contributed by atoms with Crippen LogP contribution in [0.2, 0.25) is 0 Å². The standard InChI is InChI=1S/C32H23F2N3O2/c1-31(2)24-11-7-6-10-22(24)25-20-8-4-5-9-21(20)27-23(26(25)31)16-17-32(39-27,18-12-14-19(38-3)15-13-18)28-35-29(33)37-30(34)36-28/h4-17H,1-3H3. The molecule has 0 bridgehead atoms. The summed E-state index contributed by atoms with van der Waals surface area (Å²) >= 11 is 0. The van der Waals surface area contributed by atoms with Gasteiger partial charge in [0.15, 0.2) is 5.82 Å². The molecule has 1 aliphatic heterocycles. The number of halogens is 2. The van der Waals surface area contributed by atoms with E-state index in [1.54, 1.807) is 37.5 Å². The topological polar surface area (TPSA) is 57.1 Å². The van der Waals surface area contributed by atoms with Gasteiger partial charge in [0.2, 0.25) is 5.60 Å². The van der Waals surface area contributed by atoms with Crippen LogP contribution in [0.1, 0.15) is 41.9 Å². The van der Waals surface area contributed by atoms with Crippen molar-refractivity contribution >= 4 is 16.8 Å². The zero-order valence-corrected chi connectivity index (χ0v) is 21.5. The molecule has 2 aliphatic rings. The molecule has 1 unspecified atom stereocenters. The summed E-state index contributed by atoms with van der Waals surface area (Å²) in [6.07, 6.45) is 1.31. The van der Waals surface area contributed by atoms with Crippen LogP contribution in [0, 0.1) is 12.2 Å². The van der Waals surface area contributed by atoms with Crippen LogP contribution in [0.3, 0.4) is 0 Å². The molecule has 0 spiro atoms. The first-order chi connectivity index (χ1) is 18.8. The van der Waals surface area contributed by atoms with Crippen molar-refractivity contribution < 1.29 is 18.3 Å². The van der Waals surface area contributed by atoms with Gasteiger partial charge in [-0.05, 0) is 45.8 Å². The van der Waals surface area contributed by atoms with E-state index in [0.29, 0.717) is 17.1 Å². The molecule has 1 aliphatic carbocycles. The van der Waals surface area contributed by atoms with Crippen LogP contribution in [-0.2, 0) is 11.0 Å². The van der Waals surface area contributed by atoms with E-state index in [-0.39, 0.29) is 11.2 Å². The van der Waals surface area contributed by atoms with E-state index in [9.17, 15) is 8.78 Å². The highest BCUT2D eigenvalue weighted by molar-refractivity contribution is 6.08. The Morgan fingerprint density at radius 3 is 2.18 bits per heavy atom. The zero-order valence-electron chi connectivity index (χ0n) is 21.5. The van der Waals surface area contributed by atoms with E-state index in [0.717, 1.165) is 21.9 Å². The molecule has 39 heavy (non-hydrogen) atoms. The monoisotopic (exact) mass is 519 g/mol. The maximum absolute atomic E-state index is 14.4. The van der Waals surface area contributed by atoms with Crippen LogP contribution >= 0.6 is 0 Å². The number of methoxy groups -OCH3 is 1. The summed E-state index contributed by atoms with van der Waals surface area (Å²) < 4.78 is 41.0. The molecule has 7 rings (SSSR count). The van der Waals surface area contributed by atoms with Gasteiger partial charge in [-0.1, -0.05) is 80.6 Å². The van der Waals surface area contributed by atoms with Crippen molar-refractivity contribution in [2.75, 3.05) is 7.11 Å². The van der Waals surface area contributed by atoms with Gasteiger partial charge in [-0.3, -0.25) is 0 Å². The van der Waals surface area contributed by atoms with E-state index < -0.39 is 17.8 Å². The van der Waals surface area contributed by atoms with Crippen LogP contribution in [-0.4, -0.2) is 22.1 Å². The van der Waals surface area contributed by atoms with Gasteiger partial charge in [0, 0.05) is 21.9 Å². The first-order valence-electron chi connectivity index (χ1n) is 12.6. The number of nitrogens with zero attached hydrogens (tertiary/aromatic N) is 3. The summed E-state index contributed by atoms with van der Waals surface area (Å²) in [7, 11) is 1.57. The van der Waals surface area contributed by atoms with Crippen molar-refractivity contribution in [1.29, 1.82) is 0 Å². The quantitative estimate of drug-likeness (QED) is 0.258. The van der Waals surface area contributed by atoms with E-state index in [4.69, 9.17) is 9.47 Å². The molecular formula is C32H23F2N3O2. The van der Waals surface area contributed by atoms with Crippen molar-refractivity contribution in [2.24, 2.45) is 0 Å². The SMILES string of the molecule is COc1ccc(C2(c3nc(F)nc(F)n3)C=Cc3c4c(c5ccccc5c3O2)-c2ccccc2C4(C)C)cc1. The first kappa shape index (κ1) is 23.5. The number of rotatable bonds is 3. The minimum Gasteiger partial charge on any atom is -0.497 e. The predicted octanol–water partition coefficient (Wildman–Crippen LogP) is 6.97. The molecule has 2 heterocycles. The summed E-state index contributed by atoms with van der Waals surface area (Å²) in [6.45, 7) is 4.42. The Kier molecular flexibility index (Phi) is 4.92. The summed E-state index contributed by atoms with van der Waals surface area (Å²) in [4.78, 5) is 10.9. The number of aromatic nitrogens is 3. The number of fused-ring (bicyclic) bond motifs is 8. The second-order valence-electron chi connectivity index (χ2n) is 10.3. The van der Waals surface area contributed by atoms with Crippen molar-refractivity contribution in [1.82, 2.24) is 15.0 Å². The molecule has 7 heteroatoms. The summed E-state index contributed by atoms with van der Waals surface area (Å²) in [5.74, 6) is 1.04. The van der Waals surface area contributed by atoms with Gasteiger partial charge in [0.05, 0.1) is 7.11 Å². The highest BCUT2D eigenvalue weighted by Gasteiger charge is 2.45. The Hall–Kier alpha value is -4.65. The molecule has 0 radical (unpaired) electrons. The van der Waals surface area contributed by atoms with E-state index in [1.165, 1.54) is 16.7 Å². The summed E-state index contributed by atoms with van der Waals surface area (Å²) in [5, 5.41) is 1.92. The number of benzene rings is 4. The van der Waals surface area contributed by atoms with Crippen LogP contribution in [0.25, 0.3) is 28.0 Å². The molecule has 0 amide bonds. The van der Waals surface area contributed by atoms with Crippen molar-refractivity contribution in [3.63, 3.8) is 0 Å². The number of hydrogen-bond donors (Lipinski definition) is 0. The molecule has 5 aromatic rings. The number of hydrogen-bond acceptors (Lipinski definition) is 5. The fraction of sp³-hybridized carbons (Fsp3) is 0.156. The average Bonchev–Trinajstić information content (AvgIpc) is 3.19. The molecule has 4 aromatic carbocycles. The lowest BCUT2D eigenvalue weighted by Crippen LogP contribution is -2.37. The maximum atomic E-state index is 14.4. The highest BCUT2D eigenvalue weighted by atomic mass is 19.1. The minimum absolute atomic E-state index is 0.188. The maximum Gasteiger partial charge on any atom is 0.314 e. The van der Waals surface area contributed by atoms with Crippen LogP contribution < -0.4 is 9.47 Å². The second-order valence-corrected chi connectivity index (χ2v) is 10.3. The third-order valence-electron chi connectivity index (χ3n) is 7.88. The Morgan fingerprint density at radius 1 is 0.795 bits per heavy atom. The van der Waals surface area contributed by atoms with Crippen molar-refractivity contribution in [3.05, 3.63) is 119 Å². The third-order valence-corrected chi connectivity index (χ3v) is 7.88. The number of ether oxygens (including phenoxy) is 2. The molecule has 0 saturated heterocycles. The third kappa shape index (κ3) is 3.25. The lowest BCUT2D eigenvalue weighted by atomic mass is 9.77. The van der Waals surface area contributed by atoms with Crippen LogP contribution in [0.15, 0.2) is 78.9 Å². The molecule has 0 N–H and O–H groups in total. The molecule has 1 atom stereocenters. The largest absolute Gasteiger partial charge is 0.497 e. The molecule has 0 saturated carbocycles. The summed E-state index contributed by atoms with van der Waals surface area (Å²) in [5.41, 5.74) is 4.43. The fourth-order valence-corrected chi connectivity index (χ4v) is 6.14. The van der Waals surface area contributed by atoms with Gasteiger partial charge < -0.3 is 9.47 Å². The summed E-state index contributed by atoms with van der Waals surface area (Å²) in [6, 6.07) is 23.6. The molecule has 5 nitrogen and oxygen atoms in total. The zero-order chi connectivity index (χ0) is 26.9. The van der Waals surface area contributed by atoms with Crippen LogP contribution in [0.4, 0.5) is 8.78 Å². The Bertz CT molecular complexity index is 1810. The van der Waals surface area contributed by atoms with Gasteiger partial charge in [0.25, 0.3) is 0 Å². The van der Waals surface area contributed by atoms with Crippen molar-refractivity contribution in [3.8, 4) is 22.6 Å². The van der Waals surface area contributed by atoms with Gasteiger partial charge in [-0.25, -0.2) is 0 Å². The second kappa shape index (κ2) is 8.17. The Morgan fingerprint density at radius 2 is 1.46 bits per heavy atom. The molecule has 0 fully saturated rings. The molecule has 192 valence electrons. The fourth-order valence-electron chi connectivity index (χ4n) is 6.14. The van der Waals surface area contributed by atoms with E-state index >= 15 is 0 Å². The van der Waals surface area contributed by atoms with Crippen molar-refractivity contribution in [2.45, 2.75) is 24.9 Å². The Balaban J connectivity index is 1.55.